The number of benzene rings is 2. The number of nitrogens with one attached hydrogen (secondary N) is 1. The number of rotatable bonds is 3. The lowest BCUT2D eigenvalue weighted by molar-refractivity contribution is 0.0926. The van der Waals surface area contributed by atoms with E-state index in [1.165, 1.54) is 12.1 Å². The number of amides is 1. The van der Waals surface area contributed by atoms with Crippen LogP contribution in [0.3, 0.4) is 0 Å². The highest BCUT2D eigenvalue weighted by Crippen LogP contribution is 2.45. The summed E-state index contributed by atoms with van der Waals surface area (Å²) in [6.07, 6.45) is 1.80. The maximum atomic E-state index is 13.6. The molecule has 1 fully saturated rings. The second-order valence-electron chi connectivity index (χ2n) is 4.88. The van der Waals surface area contributed by atoms with Gasteiger partial charge in [0.2, 0.25) is 0 Å². The minimum absolute atomic E-state index is 0.102. The lowest BCUT2D eigenvalue weighted by atomic mass is 10.0. The highest BCUT2D eigenvalue weighted by molar-refractivity contribution is 5.95. The first kappa shape index (κ1) is 11.9. The Bertz CT molecular complexity index is 605. The van der Waals surface area contributed by atoms with Crippen LogP contribution in [0.15, 0.2) is 54.6 Å². The van der Waals surface area contributed by atoms with Crippen molar-refractivity contribution in [1.29, 1.82) is 0 Å². The molecular formula is C16H14FNO. The summed E-state index contributed by atoms with van der Waals surface area (Å²) in [7, 11) is 0. The Hall–Kier alpha value is -2.16. The van der Waals surface area contributed by atoms with E-state index in [2.05, 4.69) is 5.32 Å². The summed E-state index contributed by atoms with van der Waals surface area (Å²) in [4.78, 5) is 12.1. The van der Waals surface area contributed by atoms with Crippen LogP contribution in [0, 0.1) is 5.82 Å². The molecule has 0 aliphatic heterocycles. The van der Waals surface area contributed by atoms with Crippen molar-refractivity contribution in [2.75, 3.05) is 0 Å². The molecule has 1 saturated carbocycles. The molecule has 0 atom stereocenters. The number of carbonyl (C=O) groups excluding carboxylic acids is 1. The lowest BCUT2D eigenvalue weighted by Crippen LogP contribution is -2.35. The van der Waals surface area contributed by atoms with Crippen LogP contribution >= 0.6 is 0 Å². The topological polar surface area (TPSA) is 29.1 Å². The zero-order valence-corrected chi connectivity index (χ0v) is 10.4. The molecule has 2 aromatic carbocycles. The SMILES string of the molecule is O=C(NC1(c2ccccc2)CC1)c1ccccc1F. The maximum Gasteiger partial charge on any atom is 0.254 e. The minimum Gasteiger partial charge on any atom is -0.342 e. The highest BCUT2D eigenvalue weighted by Gasteiger charge is 2.45. The fourth-order valence-corrected chi connectivity index (χ4v) is 2.30. The van der Waals surface area contributed by atoms with Crippen molar-refractivity contribution in [3.05, 3.63) is 71.5 Å². The van der Waals surface area contributed by atoms with Gasteiger partial charge in [-0.1, -0.05) is 42.5 Å². The van der Waals surface area contributed by atoms with Gasteiger partial charge < -0.3 is 5.32 Å². The van der Waals surface area contributed by atoms with Crippen molar-refractivity contribution in [1.82, 2.24) is 5.32 Å². The number of hydrogen-bond acceptors (Lipinski definition) is 1. The first-order valence-corrected chi connectivity index (χ1v) is 6.34. The van der Waals surface area contributed by atoms with Gasteiger partial charge in [0.1, 0.15) is 5.82 Å². The summed E-state index contributed by atoms with van der Waals surface area (Å²) in [6, 6.07) is 15.9. The average Bonchev–Trinajstić information content (AvgIpc) is 3.21. The molecule has 3 rings (SSSR count). The molecule has 1 aliphatic rings. The summed E-state index contributed by atoms with van der Waals surface area (Å²) < 4.78 is 13.6. The second kappa shape index (κ2) is 4.50. The molecule has 0 aromatic heterocycles. The summed E-state index contributed by atoms with van der Waals surface area (Å²) >= 11 is 0. The van der Waals surface area contributed by atoms with Gasteiger partial charge in [0, 0.05) is 0 Å². The molecule has 0 bridgehead atoms. The fourth-order valence-electron chi connectivity index (χ4n) is 2.30. The third-order valence-electron chi connectivity index (χ3n) is 3.55. The van der Waals surface area contributed by atoms with Crippen molar-refractivity contribution in [3.8, 4) is 0 Å². The average molecular weight is 255 g/mol. The van der Waals surface area contributed by atoms with Crippen molar-refractivity contribution >= 4 is 5.91 Å². The molecule has 0 saturated heterocycles. The van der Waals surface area contributed by atoms with E-state index in [9.17, 15) is 9.18 Å². The Labute approximate surface area is 111 Å². The van der Waals surface area contributed by atoms with E-state index >= 15 is 0 Å². The van der Waals surface area contributed by atoms with Crippen LogP contribution in [0.5, 0.6) is 0 Å². The summed E-state index contributed by atoms with van der Waals surface area (Å²) in [5.74, 6) is -0.830. The quantitative estimate of drug-likeness (QED) is 0.896. The Balaban J connectivity index is 1.83. The van der Waals surface area contributed by atoms with Gasteiger partial charge in [-0.15, -0.1) is 0 Å². The molecular weight excluding hydrogens is 241 g/mol. The second-order valence-corrected chi connectivity index (χ2v) is 4.88. The minimum atomic E-state index is -0.483. The van der Waals surface area contributed by atoms with Crippen LogP contribution in [0.25, 0.3) is 0 Å². The Morgan fingerprint density at radius 3 is 2.26 bits per heavy atom. The molecule has 0 unspecified atom stereocenters. The molecule has 0 heterocycles. The van der Waals surface area contributed by atoms with E-state index in [1.54, 1.807) is 12.1 Å². The van der Waals surface area contributed by atoms with E-state index in [-0.39, 0.29) is 17.0 Å². The molecule has 2 aromatic rings. The summed E-state index contributed by atoms with van der Waals surface area (Å²) in [5.41, 5.74) is 0.880. The molecule has 0 radical (unpaired) electrons. The van der Waals surface area contributed by atoms with Crippen LogP contribution in [0.4, 0.5) is 4.39 Å². The number of hydrogen-bond donors (Lipinski definition) is 1. The van der Waals surface area contributed by atoms with E-state index in [4.69, 9.17) is 0 Å². The predicted octanol–water partition coefficient (Wildman–Crippen LogP) is 3.24. The standard InChI is InChI=1S/C16H14FNO/c17-14-9-5-4-8-13(14)15(19)18-16(10-11-16)12-6-2-1-3-7-12/h1-9H,10-11H2,(H,18,19). The van der Waals surface area contributed by atoms with Gasteiger partial charge in [-0.2, -0.15) is 0 Å². The Morgan fingerprint density at radius 1 is 1.00 bits per heavy atom. The monoisotopic (exact) mass is 255 g/mol. The van der Waals surface area contributed by atoms with Crippen molar-refractivity contribution < 1.29 is 9.18 Å². The zero-order chi connectivity index (χ0) is 13.3. The van der Waals surface area contributed by atoms with Gasteiger partial charge in [0.15, 0.2) is 0 Å². The van der Waals surface area contributed by atoms with Crippen LogP contribution in [-0.4, -0.2) is 5.91 Å². The molecule has 19 heavy (non-hydrogen) atoms. The maximum absolute atomic E-state index is 13.6. The zero-order valence-electron chi connectivity index (χ0n) is 10.4. The smallest absolute Gasteiger partial charge is 0.254 e. The molecule has 2 nitrogen and oxygen atoms in total. The van der Waals surface area contributed by atoms with Crippen LogP contribution < -0.4 is 5.32 Å². The molecule has 1 aliphatic carbocycles. The van der Waals surface area contributed by atoms with Gasteiger partial charge in [0.05, 0.1) is 11.1 Å². The molecule has 3 heteroatoms. The first-order chi connectivity index (χ1) is 9.21. The first-order valence-electron chi connectivity index (χ1n) is 6.34. The van der Waals surface area contributed by atoms with E-state index in [0.717, 1.165) is 18.4 Å². The molecule has 0 spiro atoms. The molecule has 1 amide bonds. The van der Waals surface area contributed by atoms with Crippen LogP contribution in [0.2, 0.25) is 0 Å². The van der Waals surface area contributed by atoms with E-state index in [0.29, 0.717) is 0 Å². The fraction of sp³-hybridized carbons (Fsp3) is 0.188. The predicted molar refractivity (Wildman–Crippen MR) is 71.2 cm³/mol. The summed E-state index contributed by atoms with van der Waals surface area (Å²) in [6.45, 7) is 0. The van der Waals surface area contributed by atoms with Gasteiger partial charge in [-0.3, -0.25) is 4.79 Å². The third kappa shape index (κ3) is 2.24. The van der Waals surface area contributed by atoms with Crippen LogP contribution in [0.1, 0.15) is 28.8 Å². The Kier molecular flexibility index (Phi) is 2.82. The lowest BCUT2D eigenvalue weighted by Gasteiger charge is -2.18. The van der Waals surface area contributed by atoms with Crippen molar-refractivity contribution in [3.63, 3.8) is 0 Å². The van der Waals surface area contributed by atoms with Crippen molar-refractivity contribution in [2.24, 2.45) is 0 Å². The Morgan fingerprint density at radius 2 is 1.63 bits per heavy atom. The summed E-state index contributed by atoms with van der Waals surface area (Å²) in [5, 5.41) is 2.96. The van der Waals surface area contributed by atoms with E-state index in [1.807, 2.05) is 30.3 Å². The molecule has 96 valence electrons. The normalized spacial score (nSPS) is 15.8. The van der Waals surface area contributed by atoms with Crippen molar-refractivity contribution in [2.45, 2.75) is 18.4 Å². The largest absolute Gasteiger partial charge is 0.342 e. The van der Waals surface area contributed by atoms with Gasteiger partial charge in [-0.05, 0) is 30.5 Å². The van der Waals surface area contributed by atoms with Gasteiger partial charge in [-0.25, -0.2) is 4.39 Å². The third-order valence-corrected chi connectivity index (χ3v) is 3.55. The van der Waals surface area contributed by atoms with Crippen LogP contribution in [-0.2, 0) is 5.54 Å². The number of carbonyl (C=O) groups is 1. The van der Waals surface area contributed by atoms with E-state index < -0.39 is 5.82 Å². The molecule has 1 N–H and O–H groups in total. The highest BCUT2D eigenvalue weighted by atomic mass is 19.1. The number of halogens is 1. The van der Waals surface area contributed by atoms with Gasteiger partial charge in [0.25, 0.3) is 5.91 Å². The van der Waals surface area contributed by atoms with Gasteiger partial charge >= 0.3 is 0 Å².